The fourth-order valence-corrected chi connectivity index (χ4v) is 2.38. The van der Waals surface area contributed by atoms with Crippen LogP contribution in [0, 0.1) is 6.92 Å². The lowest BCUT2D eigenvalue weighted by molar-refractivity contribution is -0.113. The highest BCUT2D eigenvalue weighted by Crippen LogP contribution is 2.24. The average Bonchev–Trinajstić information content (AvgIpc) is 2.73. The SMILES string of the molecule is COc1ccc(CNC=O)c(OC)c1.COc1ccc(NC(=O)CBr)c(C)c1. The van der Waals surface area contributed by atoms with E-state index in [-0.39, 0.29) is 5.91 Å². The van der Waals surface area contributed by atoms with E-state index >= 15 is 0 Å². The number of hydrogen-bond acceptors (Lipinski definition) is 5. The molecular formula is C20H25BrN2O5. The average molecular weight is 453 g/mol. The monoisotopic (exact) mass is 452 g/mol. The van der Waals surface area contributed by atoms with E-state index in [0.717, 1.165) is 28.3 Å². The van der Waals surface area contributed by atoms with Gasteiger partial charge in [-0.25, -0.2) is 0 Å². The van der Waals surface area contributed by atoms with E-state index in [1.165, 1.54) is 0 Å². The number of methoxy groups -OCH3 is 3. The Morgan fingerprint density at radius 1 is 1.04 bits per heavy atom. The molecule has 152 valence electrons. The third-order valence-corrected chi connectivity index (χ3v) is 4.21. The highest BCUT2D eigenvalue weighted by atomic mass is 79.9. The fraction of sp³-hybridized carbons (Fsp3) is 0.300. The molecule has 2 amide bonds. The van der Waals surface area contributed by atoms with E-state index < -0.39 is 0 Å². The molecule has 0 spiro atoms. The van der Waals surface area contributed by atoms with E-state index in [1.807, 2.05) is 37.3 Å². The van der Waals surface area contributed by atoms with Crippen LogP contribution in [0.4, 0.5) is 5.69 Å². The molecule has 7 nitrogen and oxygen atoms in total. The Labute approximate surface area is 173 Å². The molecule has 2 N–H and O–H groups in total. The van der Waals surface area contributed by atoms with Crippen LogP contribution in [-0.2, 0) is 16.1 Å². The summed E-state index contributed by atoms with van der Waals surface area (Å²) in [6.45, 7) is 2.38. The van der Waals surface area contributed by atoms with Crippen molar-refractivity contribution in [3.05, 3.63) is 47.5 Å². The molecule has 0 heterocycles. The van der Waals surface area contributed by atoms with Gasteiger partial charge in [-0.1, -0.05) is 15.9 Å². The van der Waals surface area contributed by atoms with Gasteiger partial charge >= 0.3 is 0 Å². The first-order valence-corrected chi connectivity index (χ1v) is 9.49. The summed E-state index contributed by atoms with van der Waals surface area (Å²) in [7, 11) is 4.79. The number of anilines is 1. The predicted octanol–water partition coefficient (Wildman–Crippen LogP) is 3.29. The smallest absolute Gasteiger partial charge is 0.235 e. The van der Waals surface area contributed by atoms with Crippen molar-refractivity contribution >= 4 is 33.9 Å². The number of carbonyl (C=O) groups excluding carboxylic acids is 2. The van der Waals surface area contributed by atoms with Gasteiger partial charge in [0.15, 0.2) is 0 Å². The summed E-state index contributed by atoms with van der Waals surface area (Å²) >= 11 is 3.09. The van der Waals surface area contributed by atoms with Gasteiger partial charge in [0.05, 0.1) is 26.7 Å². The Morgan fingerprint density at radius 2 is 1.68 bits per heavy atom. The molecule has 0 fully saturated rings. The third kappa shape index (κ3) is 7.48. The van der Waals surface area contributed by atoms with Crippen LogP contribution in [0.3, 0.4) is 0 Å². The molecule has 28 heavy (non-hydrogen) atoms. The van der Waals surface area contributed by atoms with Crippen LogP contribution in [-0.4, -0.2) is 39.0 Å². The van der Waals surface area contributed by atoms with Crippen LogP contribution in [0.2, 0.25) is 0 Å². The molecule has 2 aromatic carbocycles. The summed E-state index contributed by atoms with van der Waals surface area (Å²) in [4.78, 5) is 21.2. The normalized spacial score (nSPS) is 9.46. The number of halogens is 1. The molecule has 0 saturated carbocycles. The molecule has 0 atom stereocenters. The van der Waals surface area contributed by atoms with Crippen LogP contribution in [0.25, 0.3) is 0 Å². The van der Waals surface area contributed by atoms with E-state index in [4.69, 9.17) is 14.2 Å². The number of alkyl halides is 1. The Bertz CT molecular complexity index is 783. The molecule has 0 aromatic heterocycles. The van der Waals surface area contributed by atoms with Crippen molar-refractivity contribution in [2.24, 2.45) is 0 Å². The van der Waals surface area contributed by atoms with E-state index in [0.29, 0.717) is 24.0 Å². The second kappa shape index (κ2) is 12.6. The number of carbonyl (C=O) groups is 2. The minimum Gasteiger partial charge on any atom is -0.497 e. The van der Waals surface area contributed by atoms with Gasteiger partial charge < -0.3 is 24.8 Å². The standard InChI is InChI=1S/C10H12BrNO2.C10H13NO3/c1-7-5-8(14-2)3-4-9(7)12-10(13)6-11;1-13-9-4-3-8(6-11-7-12)10(5-9)14-2/h3-5H,6H2,1-2H3,(H,12,13);3-5,7H,6H2,1-2H3,(H,11,12). The molecule has 0 unspecified atom stereocenters. The molecule has 0 saturated heterocycles. The largest absolute Gasteiger partial charge is 0.497 e. The fourth-order valence-electron chi connectivity index (χ4n) is 2.24. The van der Waals surface area contributed by atoms with Crippen molar-refractivity contribution in [2.45, 2.75) is 13.5 Å². The van der Waals surface area contributed by atoms with Crippen LogP contribution in [0.5, 0.6) is 17.2 Å². The number of nitrogens with one attached hydrogen (secondary N) is 2. The van der Waals surface area contributed by atoms with Crippen molar-refractivity contribution in [3.63, 3.8) is 0 Å². The first-order valence-electron chi connectivity index (χ1n) is 8.37. The summed E-state index contributed by atoms with van der Waals surface area (Å²) in [5, 5.41) is 5.65. The van der Waals surface area contributed by atoms with Gasteiger partial charge in [0.25, 0.3) is 0 Å². The molecule has 2 rings (SSSR count). The number of amides is 2. The summed E-state index contributed by atoms with van der Waals surface area (Å²) < 4.78 is 15.3. The lowest BCUT2D eigenvalue weighted by Crippen LogP contribution is -2.13. The topological polar surface area (TPSA) is 85.9 Å². The molecule has 2 aromatic rings. The van der Waals surface area contributed by atoms with Crippen LogP contribution >= 0.6 is 15.9 Å². The maximum absolute atomic E-state index is 11.1. The predicted molar refractivity (Wildman–Crippen MR) is 113 cm³/mol. The second-order valence-corrected chi connectivity index (χ2v) is 6.10. The van der Waals surface area contributed by atoms with E-state index in [9.17, 15) is 9.59 Å². The Hall–Kier alpha value is -2.74. The molecule has 0 aliphatic rings. The Balaban J connectivity index is 0.000000280. The summed E-state index contributed by atoms with van der Waals surface area (Å²) in [5.74, 6) is 2.17. The maximum atomic E-state index is 11.1. The quantitative estimate of drug-likeness (QED) is 0.474. The van der Waals surface area contributed by atoms with Gasteiger partial charge in [-0.2, -0.15) is 0 Å². The zero-order valence-corrected chi connectivity index (χ0v) is 18.0. The van der Waals surface area contributed by atoms with Crippen LogP contribution < -0.4 is 24.8 Å². The zero-order chi connectivity index (χ0) is 20.9. The van der Waals surface area contributed by atoms with Gasteiger partial charge in [0.2, 0.25) is 12.3 Å². The summed E-state index contributed by atoms with van der Waals surface area (Å²) in [6, 6.07) is 11.0. The van der Waals surface area contributed by atoms with Gasteiger partial charge in [0.1, 0.15) is 17.2 Å². The minimum atomic E-state index is -0.0572. The van der Waals surface area contributed by atoms with Crippen LogP contribution in [0.1, 0.15) is 11.1 Å². The number of benzene rings is 2. The van der Waals surface area contributed by atoms with Gasteiger partial charge in [-0.05, 0) is 42.8 Å². The van der Waals surface area contributed by atoms with Crippen molar-refractivity contribution in [1.82, 2.24) is 5.32 Å². The third-order valence-electron chi connectivity index (χ3n) is 3.70. The summed E-state index contributed by atoms with van der Waals surface area (Å²) in [6.07, 6.45) is 0.656. The molecular weight excluding hydrogens is 428 g/mol. The Kier molecular flexibility index (Phi) is 10.5. The molecule has 0 aliphatic carbocycles. The lowest BCUT2D eigenvalue weighted by atomic mass is 10.2. The first kappa shape index (κ1) is 23.3. The highest BCUT2D eigenvalue weighted by molar-refractivity contribution is 9.09. The first-order chi connectivity index (χ1) is 13.5. The number of rotatable bonds is 8. The molecule has 8 heteroatoms. The molecule has 0 radical (unpaired) electrons. The minimum absolute atomic E-state index is 0.0572. The van der Waals surface area contributed by atoms with E-state index in [2.05, 4.69) is 26.6 Å². The summed E-state index contributed by atoms with van der Waals surface area (Å²) in [5.41, 5.74) is 2.72. The number of hydrogen-bond donors (Lipinski definition) is 2. The highest BCUT2D eigenvalue weighted by Gasteiger charge is 2.04. The second-order valence-electron chi connectivity index (χ2n) is 5.54. The molecule has 0 aliphatic heterocycles. The zero-order valence-electron chi connectivity index (χ0n) is 16.4. The molecule has 0 bridgehead atoms. The van der Waals surface area contributed by atoms with Crippen LogP contribution in [0.15, 0.2) is 36.4 Å². The van der Waals surface area contributed by atoms with Crippen molar-refractivity contribution in [3.8, 4) is 17.2 Å². The maximum Gasteiger partial charge on any atom is 0.235 e. The van der Waals surface area contributed by atoms with E-state index in [1.54, 1.807) is 27.4 Å². The van der Waals surface area contributed by atoms with Gasteiger partial charge in [-0.3, -0.25) is 9.59 Å². The van der Waals surface area contributed by atoms with Gasteiger partial charge in [-0.15, -0.1) is 0 Å². The lowest BCUT2D eigenvalue weighted by Gasteiger charge is -2.09. The van der Waals surface area contributed by atoms with Crippen molar-refractivity contribution < 1.29 is 23.8 Å². The van der Waals surface area contributed by atoms with Crippen molar-refractivity contribution in [1.29, 1.82) is 0 Å². The van der Waals surface area contributed by atoms with Gasteiger partial charge in [0, 0.05) is 23.9 Å². The Morgan fingerprint density at radius 3 is 2.21 bits per heavy atom. The van der Waals surface area contributed by atoms with Crippen molar-refractivity contribution in [2.75, 3.05) is 32.0 Å². The number of aryl methyl sites for hydroxylation is 1. The number of ether oxygens (including phenoxy) is 3.